The number of amides is 2. The molecule has 1 aromatic heterocycles. The highest BCUT2D eigenvalue weighted by molar-refractivity contribution is 5.83. The Morgan fingerprint density at radius 3 is 1.95 bits per heavy atom. The standard InChI is InChI=1S/C35H40N4O3/c1-26-31(22-13-23-32(42-34(36)41)33(40)37-24-27-14-11-12-15-27)38-25-39(26)35(28-16-5-2-6-17-28,29-18-7-3-8-19-29)30-20-9-4-10-21-30/h2-10,16-21,25,27,32H,11-15,22-24H2,1H3,(H2,36,41)(H,37,40). The van der Waals surface area contributed by atoms with E-state index in [1.807, 2.05) is 24.5 Å². The van der Waals surface area contributed by atoms with Crippen molar-refractivity contribution in [3.8, 4) is 0 Å². The van der Waals surface area contributed by atoms with Gasteiger partial charge in [0.2, 0.25) is 0 Å². The zero-order valence-electron chi connectivity index (χ0n) is 24.2. The maximum atomic E-state index is 12.9. The summed E-state index contributed by atoms with van der Waals surface area (Å²) in [7, 11) is 0. The molecule has 1 aliphatic rings. The number of carbonyl (C=O) groups excluding carboxylic acids is 2. The van der Waals surface area contributed by atoms with E-state index in [-0.39, 0.29) is 5.91 Å². The molecule has 4 aromatic rings. The molecule has 2 amide bonds. The minimum absolute atomic E-state index is 0.279. The number of ether oxygens (including phenoxy) is 1. The summed E-state index contributed by atoms with van der Waals surface area (Å²) >= 11 is 0. The van der Waals surface area contributed by atoms with Gasteiger partial charge in [0.05, 0.1) is 12.0 Å². The molecule has 0 radical (unpaired) electrons. The summed E-state index contributed by atoms with van der Waals surface area (Å²) in [4.78, 5) is 29.4. The average Bonchev–Trinajstić information content (AvgIpc) is 3.68. The second-order valence-corrected chi connectivity index (χ2v) is 11.2. The summed E-state index contributed by atoms with van der Waals surface area (Å²) in [6.07, 6.45) is 6.33. The van der Waals surface area contributed by atoms with E-state index < -0.39 is 17.7 Å². The van der Waals surface area contributed by atoms with Gasteiger partial charge < -0.3 is 20.4 Å². The summed E-state index contributed by atoms with van der Waals surface area (Å²) in [5, 5.41) is 2.98. The zero-order chi connectivity index (χ0) is 29.4. The quantitative estimate of drug-likeness (QED) is 0.202. The third kappa shape index (κ3) is 6.25. The molecule has 0 bridgehead atoms. The van der Waals surface area contributed by atoms with Crippen molar-refractivity contribution >= 4 is 12.0 Å². The van der Waals surface area contributed by atoms with E-state index in [0.717, 1.165) is 40.9 Å². The maximum absolute atomic E-state index is 12.9. The van der Waals surface area contributed by atoms with Gasteiger partial charge in [-0.25, -0.2) is 9.78 Å². The second-order valence-electron chi connectivity index (χ2n) is 11.2. The fraction of sp³-hybridized carbons (Fsp3) is 0.343. The fourth-order valence-electron chi connectivity index (χ4n) is 6.40. The molecule has 0 saturated heterocycles. The maximum Gasteiger partial charge on any atom is 0.405 e. The summed E-state index contributed by atoms with van der Waals surface area (Å²) in [5.74, 6) is 0.216. The number of hydrogen-bond donors (Lipinski definition) is 2. The van der Waals surface area contributed by atoms with Gasteiger partial charge >= 0.3 is 6.09 Å². The van der Waals surface area contributed by atoms with Crippen LogP contribution in [0.5, 0.6) is 0 Å². The van der Waals surface area contributed by atoms with Crippen molar-refractivity contribution in [3.05, 3.63) is 125 Å². The van der Waals surface area contributed by atoms with Crippen LogP contribution in [0.2, 0.25) is 0 Å². The van der Waals surface area contributed by atoms with Crippen molar-refractivity contribution in [2.24, 2.45) is 11.7 Å². The summed E-state index contributed by atoms with van der Waals surface area (Å²) in [6.45, 7) is 2.71. The number of benzene rings is 3. The van der Waals surface area contributed by atoms with E-state index in [1.165, 1.54) is 12.8 Å². The molecule has 0 aliphatic heterocycles. The van der Waals surface area contributed by atoms with Gasteiger partial charge in [-0.2, -0.15) is 0 Å². The van der Waals surface area contributed by atoms with Crippen molar-refractivity contribution in [1.82, 2.24) is 14.9 Å². The fourth-order valence-corrected chi connectivity index (χ4v) is 6.40. The van der Waals surface area contributed by atoms with Gasteiger partial charge in [-0.15, -0.1) is 0 Å². The van der Waals surface area contributed by atoms with Crippen molar-refractivity contribution in [3.63, 3.8) is 0 Å². The van der Waals surface area contributed by atoms with Crippen LogP contribution in [0.4, 0.5) is 4.79 Å². The molecule has 218 valence electrons. The Bertz CT molecular complexity index is 1350. The topological polar surface area (TPSA) is 99.2 Å². The van der Waals surface area contributed by atoms with Crippen molar-refractivity contribution in [2.45, 2.75) is 63.5 Å². The molecule has 1 heterocycles. The number of nitrogens with one attached hydrogen (secondary N) is 1. The second kappa shape index (κ2) is 13.5. The molecule has 1 unspecified atom stereocenters. The van der Waals surface area contributed by atoms with Crippen LogP contribution in [0.15, 0.2) is 97.3 Å². The van der Waals surface area contributed by atoms with Crippen LogP contribution < -0.4 is 11.1 Å². The lowest BCUT2D eigenvalue weighted by molar-refractivity contribution is -0.130. The third-order valence-electron chi connectivity index (χ3n) is 8.51. The van der Waals surface area contributed by atoms with E-state index in [4.69, 9.17) is 15.5 Å². The van der Waals surface area contributed by atoms with Crippen molar-refractivity contribution in [1.29, 1.82) is 0 Å². The first-order valence-corrected chi connectivity index (χ1v) is 14.9. The van der Waals surface area contributed by atoms with Crippen LogP contribution >= 0.6 is 0 Å². The third-order valence-corrected chi connectivity index (χ3v) is 8.51. The van der Waals surface area contributed by atoms with Gasteiger partial charge in [-0.05, 0) is 61.6 Å². The number of aryl methyl sites for hydroxylation is 1. The number of hydrogen-bond acceptors (Lipinski definition) is 4. The zero-order valence-corrected chi connectivity index (χ0v) is 24.2. The largest absolute Gasteiger partial charge is 0.436 e. The monoisotopic (exact) mass is 564 g/mol. The number of carbonyl (C=O) groups is 2. The Kier molecular flexibility index (Phi) is 9.37. The Hall–Kier alpha value is -4.39. The van der Waals surface area contributed by atoms with Crippen LogP contribution in [0.1, 0.15) is 66.6 Å². The average molecular weight is 565 g/mol. The molecule has 42 heavy (non-hydrogen) atoms. The SMILES string of the molecule is Cc1c(CCCC(OC(N)=O)C(=O)NCC2CCCC2)ncn1C(c1ccccc1)(c1ccccc1)c1ccccc1. The number of aromatic nitrogens is 2. The summed E-state index contributed by atoms with van der Waals surface area (Å²) < 4.78 is 7.49. The Balaban J connectivity index is 1.41. The van der Waals surface area contributed by atoms with Crippen LogP contribution in [-0.2, 0) is 21.5 Å². The van der Waals surface area contributed by atoms with Gasteiger partial charge in [-0.3, -0.25) is 4.79 Å². The van der Waals surface area contributed by atoms with E-state index >= 15 is 0 Å². The molecule has 7 heteroatoms. The van der Waals surface area contributed by atoms with Crippen molar-refractivity contribution < 1.29 is 14.3 Å². The first-order chi connectivity index (χ1) is 20.5. The van der Waals surface area contributed by atoms with E-state index in [0.29, 0.717) is 31.7 Å². The minimum atomic E-state index is -0.935. The molecule has 1 aliphatic carbocycles. The predicted octanol–water partition coefficient (Wildman–Crippen LogP) is 6.12. The Morgan fingerprint density at radius 1 is 0.929 bits per heavy atom. The van der Waals surface area contributed by atoms with Crippen LogP contribution in [0, 0.1) is 12.8 Å². The lowest BCUT2D eigenvalue weighted by Crippen LogP contribution is -2.40. The lowest BCUT2D eigenvalue weighted by atomic mass is 9.76. The first-order valence-electron chi connectivity index (χ1n) is 14.9. The number of primary amides is 1. The normalized spacial score (nSPS) is 14.4. The molecular formula is C35H40N4O3. The molecule has 3 aromatic carbocycles. The number of nitrogens with zero attached hydrogens (tertiary/aromatic N) is 2. The number of imidazole rings is 1. The molecule has 3 N–H and O–H groups in total. The van der Waals surface area contributed by atoms with Gasteiger partial charge in [-0.1, -0.05) is 104 Å². The minimum Gasteiger partial charge on any atom is -0.436 e. The van der Waals surface area contributed by atoms with E-state index in [1.54, 1.807) is 0 Å². The Morgan fingerprint density at radius 2 is 1.45 bits per heavy atom. The van der Waals surface area contributed by atoms with Crippen molar-refractivity contribution in [2.75, 3.05) is 6.54 Å². The molecular weight excluding hydrogens is 524 g/mol. The highest BCUT2D eigenvalue weighted by atomic mass is 16.6. The molecule has 7 nitrogen and oxygen atoms in total. The molecule has 0 spiro atoms. The predicted molar refractivity (Wildman–Crippen MR) is 164 cm³/mol. The van der Waals surface area contributed by atoms with E-state index in [9.17, 15) is 9.59 Å². The summed E-state index contributed by atoms with van der Waals surface area (Å²) in [5.41, 5.74) is 10.0. The van der Waals surface area contributed by atoms with Gasteiger partial charge in [0.1, 0.15) is 5.54 Å². The number of nitrogens with two attached hydrogens (primary N) is 1. The first kappa shape index (κ1) is 29.1. The van der Waals surface area contributed by atoms with Gasteiger partial charge in [0.15, 0.2) is 6.10 Å². The smallest absolute Gasteiger partial charge is 0.405 e. The van der Waals surface area contributed by atoms with Crippen LogP contribution in [0.25, 0.3) is 0 Å². The molecule has 5 rings (SSSR count). The molecule has 1 fully saturated rings. The van der Waals surface area contributed by atoms with E-state index in [2.05, 4.69) is 89.6 Å². The van der Waals surface area contributed by atoms with Crippen LogP contribution in [0.3, 0.4) is 0 Å². The van der Waals surface area contributed by atoms with Crippen LogP contribution in [-0.4, -0.2) is 34.2 Å². The number of rotatable bonds is 12. The molecule has 1 atom stereocenters. The highest BCUT2D eigenvalue weighted by Gasteiger charge is 2.39. The highest BCUT2D eigenvalue weighted by Crippen LogP contribution is 2.42. The Labute approximate surface area is 248 Å². The molecule has 1 saturated carbocycles. The van der Waals surface area contributed by atoms with Gasteiger partial charge in [0, 0.05) is 12.2 Å². The summed E-state index contributed by atoms with van der Waals surface area (Å²) in [6, 6.07) is 31.5. The lowest BCUT2D eigenvalue weighted by Gasteiger charge is -2.38. The van der Waals surface area contributed by atoms with Gasteiger partial charge in [0.25, 0.3) is 5.91 Å².